The highest BCUT2D eigenvalue weighted by atomic mass is 32.1. The maximum atomic E-state index is 14.2. The van der Waals surface area contributed by atoms with Crippen LogP contribution in [0.5, 0.6) is 5.75 Å². The second kappa shape index (κ2) is 16.2. The number of carbonyl (C=O) groups excluding carboxylic acids is 2. The topological polar surface area (TPSA) is 62.7 Å². The Hall–Kier alpha value is -4.18. The number of ether oxygens (including phenoxy) is 1. The molecule has 0 saturated carbocycles. The molecule has 3 heterocycles. The number of hydrogen-bond acceptors (Lipinski definition) is 5. The zero-order valence-corrected chi connectivity index (χ0v) is 29.3. The summed E-state index contributed by atoms with van der Waals surface area (Å²) in [4.78, 5) is 36.7. The third-order valence-corrected chi connectivity index (χ3v) is 10.9. The largest absolute Gasteiger partial charge is 0.493 e. The molecule has 1 saturated heterocycles. The van der Waals surface area contributed by atoms with E-state index in [1.807, 2.05) is 33.4 Å². The van der Waals surface area contributed by atoms with Crippen LogP contribution in [-0.2, 0) is 6.18 Å². The van der Waals surface area contributed by atoms with Gasteiger partial charge in [0, 0.05) is 42.1 Å². The third-order valence-electron chi connectivity index (χ3n) is 9.85. The lowest BCUT2D eigenvalue weighted by molar-refractivity contribution is -0.137. The third kappa shape index (κ3) is 8.23. The van der Waals surface area contributed by atoms with E-state index in [0.29, 0.717) is 61.5 Å². The van der Waals surface area contributed by atoms with E-state index in [4.69, 9.17) is 9.72 Å². The highest BCUT2D eigenvalue weighted by Gasteiger charge is 2.33. The van der Waals surface area contributed by atoms with Gasteiger partial charge >= 0.3 is 6.18 Å². The van der Waals surface area contributed by atoms with Crippen LogP contribution in [0.2, 0.25) is 0 Å². The van der Waals surface area contributed by atoms with Crippen molar-refractivity contribution in [3.8, 4) is 16.9 Å². The van der Waals surface area contributed by atoms with Crippen molar-refractivity contribution in [3.63, 3.8) is 0 Å². The molecule has 0 N–H and O–H groups in total. The first kappa shape index (κ1) is 35.6. The summed E-state index contributed by atoms with van der Waals surface area (Å²) < 4.78 is 45.4. The van der Waals surface area contributed by atoms with Gasteiger partial charge in [0.25, 0.3) is 11.8 Å². The van der Waals surface area contributed by atoms with Gasteiger partial charge in [0.15, 0.2) is 0 Å². The summed E-state index contributed by atoms with van der Waals surface area (Å²) in [7, 11) is 0. The van der Waals surface area contributed by atoms with Gasteiger partial charge in [0.05, 0.1) is 23.2 Å². The van der Waals surface area contributed by atoms with E-state index in [2.05, 4.69) is 13.0 Å². The second-order valence-corrected chi connectivity index (χ2v) is 14.1. The van der Waals surface area contributed by atoms with Crippen molar-refractivity contribution in [1.29, 1.82) is 0 Å². The molecule has 2 aliphatic heterocycles. The molecular formula is C40H44F3N3O3S. The van der Waals surface area contributed by atoms with Crippen molar-refractivity contribution >= 4 is 23.2 Å². The van der Waals surface area contributed by atoms with E-state index >= 15 is 0 Å². The van der Waals surface area contributed by atoms with Crippen LogP contribution in [-0.4, -0.2) is 52.8 Å². The molecule has 2 amide bonds. The molecule has 1 unspecified atom stereocenters. The normalized spacial score (nSPS) is 16.7. The molecule has 4 aromatic rings. The monoisotopic (exact) mass is 703 g/mol. The number of carbonyl (C=O) groups is 2. The van der Waals surface area contributed by atoms with Crippen LogP contribution in [0.15, 0.2) is 78.2 Å². The molecule has 6 nitrogen and oxygen atoms in total. The number of benzene rings is 3. The molecular weight excluding hydrogens is 660 g/mol. The Morgan fingerprint density at radius 3 is 2.40 bits per heavy atom. The average Bonchev–Trinajstić information content (AvgIpc) is 3.54. The first-order valence-electron chi connectivity index (χ1n) is 17.8. The molecule has 264 valence electrons. The molecule has 0 radical (unpaired) electrons. The van der Waals surface area contributed by atoms with Gasteiger partial charge in [-0.2, -0.15) is 13.2 Å². The Morgan fingerprint density at radius 2 is 1.64 bits per heavy atom. The van der Waals surface area contributed by atoms with Gasteiger partial charge in [-0.25, -0.2) is 4.98 Å². The fraction of sp³-hybridized carbons (Fsp3) is 0.425. The lowest BCUT2D eigenvalue weighted by atomic mass is 9.94. The van der Waals surface area contributed by atoms with E-state index in [1.54, 1.807) is 24.3 Å². The average molecular weight is 704 g/mol. The number of nitrogens with zero attached hydrogens (tertiary/aromatic N) is 3. The van der Waals surface area contributed by atoms with Gasteiger partial charge in [-0.05, 0) is 67.5 Å². The van der Waals surface area contributed by atoms with Crippen molar-refractivity contribution in [2.75, 3.05) is 26.2 Å². The number of piperidine rings is 1. The van der Waals surface area contributed by atoms with Gasteiger partial charge in [0.2, 0.25) is 0 Å². The molecule has 10 heteroatoms. The molecule has 3 aromatic carbocycles. The van der Waals surface area contributed by atoms with Crippen LogP contribution >= 0.6 is 11.3 Å². The summed E-state index contributed by atoms with van der Waals surface area (Å²) in [6.45, 7) is 4.55. The Labute approximate surface area is 296 Å². The predicted octanol–water partition coefficient (Wildman–Crippen LogP) is 10.2. The highest BCUT2D eigenvalue weighted by molar-refractivity contribution is 7.09. The predicted molar refractivity (Wildman–Crippen MR) is 191 cm³/mol. The number of unbranched alkanes of at least 4 members (excludes halogenated alkanes) is 4. The first-order chi connectivity index (χ1) is 24.2. The minimum Gasteiger partial charge on any atom is -0.493 e. The number of thiazole rings is 1. The Bertz CT molecular complexity index is 1750. The fourth-order valence-corrected chi connectivity index (χ4v) is 8.06. The van der Waals surface area contributed by atoms with Crippen LogP contribution in [0.1, 0.15) is 114 Å². The minimum atomic E-state index is -4.42. The zero-order chi connectivity index (χ0) is 35.1. The van der Waals surface area contributed by atoms with Gasteiger partial charge in [0.1, 0.15) is 11.4 Å². The zero-order valence-electron chi connectivity index (χ0n) is 28.5. The molecule has 6 rings (SSSR count). The summed E-state index contributed by atoms with van der Waals surface area (Å²) >= 11 is 1.51. The van der Waals surface area contributed by atoms with Gasteiger partial charge < -0.3 is 14.5 Å². The number of halogens is 3. The van der Waals surface area contributed by atoms with Crippen LogP contribution in [0.25, 0.3) is 11.1 Å². The SMILES string of the molecule is CCCCCCCN(C(=O)c1csc(C2CCN(C(=O)c3ccccc3-c3ccc(C(F)(F)F)cc3)CC2)n1)C1CCCOc2ccccc21. The first-order valence-corrected chi connectivity index (χ1v) is 18.7. The van der Waals surface area contributed by atoms with E-state index in [0.717, 1.165) is 60.6 Å². The molecule has 1 aromatic heterocycles. The number of aromatic nitrogens is 1. The Balaban J connectivity index is 1.13. The highest BCUT2D eigenvalue weighted by Crippen LogP contribution is 2.38. The summed E-state index contributed by atoms with van der Waals surface area (Å²) in [6, 6.07) is 20.0. The maximum absolute atomic E-state index is 14.2. The van der Waals surface area contributed by atoms with E-state index in [9.17, 15) is 22.8 Å². The van der Waals surface area contributed by atoms with Crippen LogP contribution in [0.3, 0.4) is 0 Å². The van der Waals surface area contributed by atoms with Crippen molar-refractivity contribution < 1.29 is 27.5 Å². The van der Waals surface area contributed by atoms with E-state index in [-0.39, 0.29) is 23.8 Å². The minimum absolute atomic E-state index is 0.0443. The number of hydrogen-bond donors (Lipinski definition) is 0. The van der Waals surface area contributed by atoms with Crippen molar-refractivity contribution in [3.05, 3.63) is 106 Å². The number of amides is 2. The van der Waals surface area contributed by atoms with Crippen molar-refractivity contribution in [2.45, 2.75) is 82.8 Å². The van der Waals surface area contributed by atoms with Crippen LogP contribution in [0, 0.1) is 0 Å². The molecule has 2 aliphatic rings. The smallest absolute Gasteiger partial charge is 0.416 e. The number of rotatable bonds is 11. The van der Waals surface area contributed by atoms with Gasteiger partial charge in [-0.15, -0.1) is 11.3 Å². The molecule has 0 bridgehead atoms. The summed E-state index contributed by atoms with van der Waals surface area (Å²) in [5.74, 6) is 0.791. The molecule has 1 fully saturated rings. The fourth-order valence-electron chi connectivity index (χ4n) is 7.09. The lowest BCUT2D eigenvalue weighted by Crippen LogP contribution is -2.38. The van der Waals surface area contributed by atoms with Crippen molar-refractivity contribution in [1.82, 2.24) is 14.8 Å². The second-order valence-electron chi connectivity index (χ2n) is 13.2. The molecule has 50 heavy (non-hydrogen) atoms. The standard InChI is InChI=1S/C40H44F3N3O3S/c1-2-3-4-5-10-23-46(35-15-11-26-49-36-16-9-8-14-33(35)36)39(48)34-27-50-37(44-34)29-21-24-45(25-22-29)38(47)32-13-7-6-12-31(32)28-17-19-30(20-18-28)40(41,42)43/h6-9,12-14,16-20,27,29,35H,2-5,10-11,15,21-26H2,1H3. The van der Waals surface area contributed by atoms with Crippen molar-refractivity contribution in [2.24, 2.45) is 0 Å². The van der Waals surface area contributed by atoms with Crippen LogP contribution in [0.4, 0.5) is 13.2 Å². The number of para-hydroxylation sites is 1. The number of fused-ring (bicyclic) bond motifs is 1. The Kier molecular flexibility index (Phi) is 11.6. The Morgan fingerprint density at radius 1 is 0.920 bits per heavy atom. The summed E-state index contributed by atoms with van der Waals surface area (Å²) in [5, 5.41) is 2.80. The summed E-state index contributed by atoms with van der Waals surface area (Å²) in [5.41, 5.74) is 2.44. The van der Waals surface area contributed by atoms with E-state index < -0.39 is 11.7 Å². The quantitative estimate of drug-likeness (QED) is 0.146. The molecule has 0 spiro atoms. The molecule has 1 atom stereocenters. The summed E-state index contributed by atoms with van der Waals surface area (Å²) in [6.07, 6.45) is 4.25. The maximum Gasteiger partial charge on any atom is 0.416 e. The number of likely N-dealkylation sites (tertiary alicyclic amines) is 1. The molecule has 0 aliphatic carbocycles. The van der Waals surface area contributed by atoms with Gasteiger partial charge in [-0.3, -0.25) is 9.59 Å². The van der Waals surface area contributed by atoms with Crippen LogP contribution < -0.4 is 4.74 Å². The van der Waals surface area contributed by atoms with Gasteiger partial charge in [-0.1, -0.05) is 81.1 Å². The number of alkyl halides is 3. The lowest BCUT2D eigenvalue weighted by Gasteiger charge is -2.32. The van der Waals surface area contributed by atoms with E-state index in [1.165, 1.54) is 36.3 Å².